The number of carbonyl (C=O) groups excluding carboxylic acids is 1. The Morgan fingerprint density at radius 1 is 1.33 bits per heavy atom. The fraction of sp³-hybridized carbons (Fsp3) is 0.353. The zero-order chi connectivity index (χ0) is 19.0. The molecule has 8 nitrogen and oxygen atoms in total. The number of benzene rings is 1. The molecule has 1 saturated heterocycles. The molecular formula is C17H16F2N6O2. The summed E-state index contributed by atoms with van der Waals surface area (Å²) in [6.45, 7) is -0.353. The largest absolute Gasteiger partial charge is 0.326 e. The number of fused-ring (bicyclic) bond motifs is 1. The molecule has 0 saturated carbocycles. The van der Waals surface area contributed by atoms with E-state index in [9.17, 15) is 18.4 Å². The summed E-state index contributed by atoms with van der Waals surface area (Å²) in [5.41, 5.74) is -0.114. The van der Waals surface area contributed by atoms with Crippen molar-refractivity contribution < 1.29 is 13.6 Å². The lowest BCUT2D eigenvalue weighted by Gasteiger charge is -2.26. The number of likely N-dealkylation sites (tertiary alicyclic amines) is 1. The first-order valence-electron chi connectivity index (χ1n) is 8.50. The minimum absolute atomic E-state index is 0.0606. The highest BCUT2D eigenvalue weighted by atomic mass is 19.3. The van der Waals surface area contributed by atoms with Crippen LogP contribution >= 0.6 is 0 Å². The number of halogens is 2. The average molecular weight is 374 g/mol. The van der Waals surface area contributed by atoms with E-state index >= 15 is 0 Å². The van der Waals surface area contributed by atoms with Crippen LogP contribution in [0.15, 0.2) is 35.4 Å². The fourth-order valence-corrected chi connectivity index (χ4v) is 3.48. The third-order valence-electron chi connectivity index (χ3n) is 4.64. The number of hydrogen-bond donors (Lipinski definition) is 1. The van der Waals surface area contributed by atoms with E-state index in [1.165, 1.54) is 11.2 Å². The lowest BCUT2D eigenvalue weighted by atomic mass is 10.1. The number of carbonyl (C=O) groups is 1. The highest BCUT2D eigenvalue weighted by Crippen LogP contribution is 2.32. The maximum atomic E-state index is 13.2. The highest BCUT2D eigenvalue weighted by molar-refractivity contribution is 5.90. The van der Waals surface area contributed by atoms with Crippen LogP contribution in [0.4, 0.5) is 8.78 Å². The van der Waals surface area contributed by atoms with Crippen molar-refractivity contribution in [2.75, 3.05) is 6.54 Å². The fourth-order valence-electron chi connectivity index (χ4n) is 3.48. The zero-order valence-electron chi connectivity index (χ0n) is 14.2. The molecule has 3 aromatic rings. The molecular weight excluding hydrogens is 358 g/mol. The van der Waals surface area contributed by atoms with E-state index in [-0.39, 0.29) is 17.0 Å². The summed E-state index contributed by atoms with van der Waals surface area (Å²) in [6.07, 6.45) is -0.306. The first-order valence-corrected chi connectivity index (χ1v) is 8.50. The van der Waals surface area contributed by atoms with Gasteiger partial charge in [0.25, 0.3) is 17.9 Å². The normalized spacial score (nSPS) is 17.1. The standard InChI is InChI=1S/C17H16F2N6O2/c18-13(19)8-25-15(22-11-5-2-1-4-10(11)16(25)26)12-6-3-7-24(12)17(27)14-20-9-21-23-14/h1-2,4-5,9,12-13H,3,6-8H2,(H,20,21,23). The Kier molecular flexibility index (Phi) is 4.38. The molecule has 10 heteroatoms. The van der Waals surface area contributed by atoms with E-state index in [1.54, 1.807) is 24.3 Å². The maximum Gasteiger partial charge on any atom is 0.291 e. The highest BCUT2D eigenvalue weighted by Gasteiger charge is 2.35. The summed E-state index contributed by atoms with van der Waals surface area (Å²) in [5.74, 6) is -0.171. The molecule has 1 amide bonds. The van der Waals surface area contributed by atoms with Crippen molar-refractivity contribution in [2.24, 2.45) is 0 Å². The van der Waals surface area contributed by atoms with Crippen molar-refractivity contribution in [3.63, 3.8) is 0 Å². The monoisotopic (exact) mass is 374 g/mol. The van der Waals surface area contributed by atoms with Gasteiger partial charge in [0, 0.05) is 6.54 Å². The molecule has 1 atom stereocenters. The number of hydrogen-bond acceptors (Lipinski definition) is 5. The van der Waals surface area contributed by atoms with E-state index in [1.807, 2.05) is 0 Å². The minimum Gasteiger partial charge on any atom is -0.326 e. The van der Waals surface area contributed by atoms with Crippen LogP contribution < -0.4 is 5.56 Å². The van der Waals surface area contributed by atoms with Crippen molar-refractivity contribution in [2.45, 2.75) is 31.9 Å². The number of rotatable bonds is 4. The van der Waals surface area contributed by atoms with Crippen LogP contribution in [0.1, 0.15) is 35.3 Å². The Morgan fingerprint density at radius 3 is 2.89 bits per heavy atom. The van der Waals surface area contributed by atoms with Crippen molar-refractivity contribution in [3.8, 4) is 0 Å². The maximum absolute atomic E-state index is 13.2. The van der Waals surface area contributed by atoms with Gasteiger partial charge in [-0.2, -0.15) is 5.10 Å². The molecule has 1 unspecified atom stereocenters. The molecule has 1 N–H and O–H groups in total. The van der Waals surface area contributed by atoms with Gasteiger partial charge in [0.15, 0.2) is 0 Å². The Labute approximate surface area is 151 Å². The number of nitrogens with one attached hydrogen (secondary N) is 1. The number of alkyl halides is 2. The number of H-pyrrole nitrogens is 1. The van der Waals surface area contributed by atoms with Crippen LogP contribution in [0.2, 0.25) is 0 Å². The Hall–Kier alpha value is -3.17. The van der Waals surface area contributed by atoms with Gasteiger partial charge in [0.05, 0.1) is 23.5 Å². The number of nitrogens with zero attached hydrogens (tertiary/aromatic N) is 5. The first kappa shape index (κ1) is 17.3. The second kappa shape index (κ2) is 6.86. The Morgan fingerprint density at radius 2 is 2.15 bits per heavy atom. The van der Waals surface area contributed by atoms with Crippen LogP contribution in [-0.2, 0) is 6.54 Å². The second-order valence-electron chi connectivity index (χ2n) is 6.28. The third kappa shape index (κ3) is 3.07. The summed E-state index contributed by atoms with van der Waals surface area (Å²) in [7, 11) is 0. The lowest BCUT2D eigenvalue weighted by Crippen LogP contribution is -2.37. The lowest BCUT2D eigenvalue weighted by molar-refractivity contribution is 0.0709. The van der Waals surface area contributed by atoms with Gasteiger partial charge in [-0.3, -0.25) is 19.3 Å². The van der Waals surface area contributed by atoms with Crippen LogP contribution in [0.3, 0.4) is 0 Å². The molecule has 0 radical (unpaired) electrons. The van der Waals surface area contributed by atoms with Crippen LogP contribution in [0.25, 0.3) is 10.9 Å². The predicted molar refractivity (Wildman–Crippen MR) is 91.4 cm³/mol. The molecule has 2 aromatic heterocycles. The van der Waals surface area contributed by atoms with Gasteiger partial charge in [0.2, 0.25) is 5.82 Å². The molecule has 1 fully saturated rings. The molecule has 0 spiro atoms. The molecule has 0 bridgehead atoms. The summed E-state index contributed by atoms with van der Waals surface area (Å²) < 4.78 is 27.3. The van der Waals surface area contributed by atoms with Gasteiger partial charge in [-0.15, -0.1) is 0 Å². The van der Waals surface area contributed by atoms with Gasteiger partial charge >= 0.3 is 0 Å². The summed E-state index contributed by atoms with van der Waals surface area (Å²) in [5, 5.41) is 6.45. The van der Waals surface area contributed by atoms with Crippen molar-refractivity contribution in [1.82, 2.24) is 29.6 Å². The van der Waals surface area contributed by atoms with Crippen molar-refractivity contribution >= 4 is 16.8 Å². The van der Waals surface area contributed by atoms with Crippen molar-refractivity contribution in [1.29, 1.82) is 0 Å². The molecule has 1 aliphatic heterocycles. The second-order valence-corrected chi connectivity index (χ2v) is 6.28. The third-order valence-corrected chi connectivity index (χ3v) is 4.64. The van der Waals surface area contributed by atoms with Gasteiger partial charge in [-0.1, -0.05) is 12.1 Å². The van der Waals surface area contributed by atoms with Gasteiger partial charge in [0.1, 0.15) is 12.2 Å². The molecule has 0 aliphatic carbocycles. The SMILES string of the molecule is O=C(c1ncn[nH]1)N1CCCC1c1nc2ccccc2c(=O)n1CC(F)F. The summed E-state index contributed by atoms with van der Waals surface area (Å²) >= 11 is 0. The molecule has 140 valence electrons. The summed E-state index contributed by atoms with van der Waals surface area (Å²) in [6, 6.07) is 6.01. The Balaban J connectivity index is 1.84. The van der Waals surface area contributed by atoms with Gasteiger partial charge in [-0.05, 0) is 25.0 Å². The van der Waals surface area contributed by atoms with Crippen LogP contribution in [-0.4, -0.2) is 48.5 Å². The van der Waals surface area contributed by atoms with E-state index in [2.05, 4.69) is 20.2 Å². The number of aromatic nitrogens is 5. The van der Waals surface area contributed by atoms with Crippen LogP contribution in [0.5, 0.6) is 0 Å². The average Bonchev–Trinajstić information content (AvgIpc) is 3.35. The van der Waals surface area contributed by atoms with E-state index in [0.717, 1.165) is 4.57 Å². The molecule has 1 aliphatic rings. The molecule has 3 heterocycles. The van der Waals surface area contributed by atoms with E-state index < -0.39 is 30.5 Å². The van der Waals surface area contributed by atoms with E-state index in [4.69, 9.17) is 0 Å². The van der Waals surface area contributed by atoms with Crippen LogP contribution in [0, 0.1) is 0 Å². The zero-order valence-corrected chi connectivity index (χ0v) is 14.2. The van der Waals surface area contributed by atoms with Crippen molar-refractivity contribution in [3.05, 3.63) is 52.6 Å². The number of para-hydroxylation sites is 1. The summed E-state index contributed by atoms with van der Waals surface area (Å²) in [4.78, 5) is 35.3. The molecule has 4 rings (SSSR count). The predicted octanol–water partition coefficient (Wildman–Crippen LogP) is 1.76. The molecule has 27 heavy (non-hydrogen) atoms. The Bertz CT molecular complexity index is 1030. The van der Waals surface area contributed by atoms with E-state index in [0.29, 0.717) is 24.9 Å². The topological polar surface area (TPSA) is 96.8 Å². The number of amides is 1. The van der Waals surface area contributed by atoms with Gasteiger partial charge < -0.3 is 4.90 Å². The number of aromatic amines is 1. The minimum atomic E-state index is -2.72. The molecule has 1 aromatic carbocycles. The smallest absolute Gasteiger partial charge is 0.291 e. The first-order chi connectivity index (χ1) is 13.1. The van der Waals surface area contributed by atoms with Gasteiger partial charge in [-0.25, -0.2) is 18.7 Å². The quantitative estimate of drug-likeness (QED) is 0.751.